The van der Waals surface area contributed by atoms with Crippen LogP contribution >= 0.6 is 0 Å². The molecule has 0 saturated heterocycles. The lowest BCUT2D eigenvalue weighted by Crippen LogP contribution is -2.38. The van der Waals surface area contributed by atoms with E-state index >= 15 is 0 Å². The average molecular weight is 351 g/mol. The second kappa shape index (κ2) is 7.92. The Kier molecular flexibility index (Phi) is 6.15. The zero-order valence-electron chi connectivity index (χ0n) is 14.3. The Morgan fingerprint density at radius 1 is 1.12 bits per heavy atom. The fourth-order valence-electron chi connectivity index (χ4n) is 2.42. The highest BCUT2D eigenvalue weighted by Gasteiger charge is 2.09. The second-order valence-corrected chi connectivity index (χ2v) is 7.75. The molecule has 0 fully saturated rings. The first-order chi connectivity index (χ1) is 11.3. The number of pyridine rings is 1. The zero-order valence-corrected chi connectivity index (χ0v) is 15.2. The summed E-state index contributed by atoms with van der Waals surface area (Å²) in [5.74, 6) is 0.404. The summed E-state index contributed by atoms with van der Waals surface area (Å²) in [7, 11) is -3.50. The van der Waals surface area contributed by atoms with Gasteiger partial charge in [0.25, 0.3) is 15.8 Å². The number of aromatic amines is 1. The van der Waals surface area contributed by atoms with Crippen molar-refractivity contribution in [3.8, 4) is 0 Å². The highest BCUT2D eigenvalue weighted by molar-refractivity contribution is 7.87. The molecule has 2 aromatic rings. The molecule has 0 bridgehead atoms. The summed E-state index contributed by atoms with van der Waals surface area (Å²) in [5.41, 5.74) is 2.38. The number of rotatable bonds is 8. The molecule has 0 saturated carbocycles. The molecule has 3 N–H and O–H groups in total. The molecule has 24 heavy (non-hydrogen) atoms. The Balaban J connectivity index is 2.14. The van der Waals surface area contributed by atoms with Crippen molar-refractivity contribution in [3.05, 3.63) is 45.7 Å². The number of H-pyrrole nitrogens is 1. The summed E-state index contributed by atoms with van der Waals surface area (Å²) < 4.78 is 28.3. The van der Waals surface area contributed by atoms with Gasteiger partial charge < -0.3 is 4.98 Å². The van der Waals surface area contributed by atoms with Gasteiger partial charge in [0.1, 0.15) is 0 Å². The Morgan fingerprint density at radius 2 is 1.83 bits per heavy atom. The maximum absolute atomic E-state index is 12.1. The molecule has 132 valence electrons. The molecule has 0 atom stereocenters. The van der Waals surface area contributed by atoms with Gasteiger partial charge in [0.15, 0.2) is 0 Å². The van der Waals surface area contributed by atoms with Gasteiger partial charge >= 0.3 is 0 Å². The molecule has 0 spiro atoms. The molecule has 0 aliphatic rings. The molecule has 0 radical (unpaired) electrons. The molecule has 1 aromatic heterocycles. The zero-order chi connectivity index (χ0) is 17.7. The molecule has 6 nitrogen and oxygen atoms in total. The van der Waals surface area contributed by atoms with Crippen LogP contribution in [0.2, 0.25) is 0 Å². The summed E-state index contributed by atoms with van der Waals surface area (Å²) in [6.45, 7) is 6.70. The van der Waals surface area contributed by atoms with Crippen LogP contribution in [0.3, 0.4) is 0 Å². The van der Waals surface area contributed by atoms with E-state index in [2.05, 4.69) is 34.3 Å². The van der Waals surface area contributed by atoms with Crippen molar-refractivity contribution in [3.63, 3.8) is 0 Å². The number of aromatic nitrogens is 1. The van der Waals surface area contributed by atoms with Gasteiger partial charge in [-0.2, -0.15) is 8.42 Å². The van der Waals surface area contributed by atoms with Crippen LogP contribution < -0.4 is 15.0 Å². The van der Waals surface area contributed by atoms with Crippen LogP contribution in [-0.4, -0.2) is 26.5 Å². The molecular weight excluding hydrogens is 326 g/mol. The van der Waals surface area contributed by atoms with E-state index in [1.165, 1.54) is 5.56 Å². The standard InChI is InChI=1S/C17H25N3O3S/c1-4-8-18-24(22,23)19-9-7-14-11-15-10-13(12(2)3)5-6-16(15)20-17(14)21/h5-6,10-12,18-19H,4,7-9H2,1-3H3,(H,20,21). The maximum Gasteiger partial charge on any atom is 0.276 e. The van der Waals surface area contributed by atoms with Crippen molar-refractivity contribution in [2.24, 2.45) is 0 Å². The van der Waals surface area contributed by atoms with E-state index in [4.69, 9.17) is 0 Å². The van der Waals surface area contributed by atoms with Gasteiger partial charge in [0.05, 0.1) is 0 Å². The van der Waals surface area contributed by atoms with Crippen LogP contribution in [0.15, 0.2) is 29.1 Å². The molecule has 1 heterocycles. The van der Waals surface area contributed by atoms with Crippen LogP contribution in [0.4, 0.5) is 0 Å². The van der Waals surface area contributed by atoms with Crippen LogP contribution in [-0.2, 0) is 16.6 Å². The van der Waals surface area contributed by atoms with E-state index in [0.29, 0.717) is 24.4 Å². The van der Waals surface area contributed by atoms with Crippen LogP contribution in [0.1, 0.15) is 44.2 Å². The van der Waals surface area contributed by atoms with Crippen molar-refractivity contribution in [2.45, 2.75) is 39.5 Å². The molecule has 0 aliphatic heterocycles. The lowest BCUT2D eigenvalue weighted by Gasteiger charge is -2.09. The summed E-state index contributed by atoms with van der Waals surface area (Å²) in [4.78, 5) is 15.0. The predicted octanol–water partition coefficient (Wildman–Crippen LogP) is 2.03. The molecule has 2 rings (SSSR count). The van der Waals surface area contributed by atoms with Gasteiger partial charge in [0, 0.05) is 24.2 Å². The molecule has 7 heteroatoms. The minimum absolute atomic E-state index is 0.178. The molecular formula is C17H25N3O3S. The van der Waals surface area contributed by atoms with Crippen molar-refractivity contribution in [2.75, 3.05) is 13.1 Å². The number of fused-ring (bicyclic) bond motifs is 1. The SMILES string of the molecule is CCCNS(=O)(=O)NCCc1cc2cc(C(C)C)ccc2[nH]c1=O. The first-order valence-corrected chi connectivity index (χ1v) is 9.71. The van der Waals surface area contributed by atoms with E-state index in [-0.39, 0.29) is 12.1 Å². The van der Waals surface area contributed by atoms with Crippen molar-refractivity contribution >= 4 is 21.1 Å². The Morgan fingerprint density at radius 3 is 2.50 bits per heavy atom. The predicted molar refractivity (Wildman–Crippen MR) is 97.6 cm³/mol. The second-order valence-electron chi connectivity index (χ2n) is 6.17. The minimum atomic E-state index is -3.50. The van der Waals surface area contributed by atoms with Gasteiger partial charge in [-0.05, 0) is 47.9 Å². The number of nitrogens with one attached hydrogen (secondary N) is 3. The lowest BCUT2D eigenvalue weighted by atomic mass is 10.0. The van der Waals surface area contributed by atoms with E-state index in [0.717, 1.165) is 17.3 Å². The average Bonchev–Trinajstić information content (AvgIpc) is 2.52. The molecule has 0 aliphatic carbocycles. The van der Waals surface area contributed by atoms with E-state index < -0.39 is 10.2 Å². The third-order valence-electron chi connectivity index (χ3n) is 3.84. The van der Waals surface area contributed by atoms with Gasteiger partial charge in [-0.1, -0.05) is 26.8 Å². The highest BCUT2D eigenvalue weighted by atomic mass is 32.2. The van der Waals surface area contributed by atoms with E-state index in [9.17, 15) is 13.2 Å². The largest absolute Gasteiger partial charge is 0.322 e. The molecule has 1 aromatic carbocycles. The normalized spacial score (nSPS) is 12.2. The minimum Gasteiger partial charge on any atom is -0.322 e. The third kappa shape index (κ3) is 4.90. The van der Waals surface area contributed by atoms with Crippen LogP contribution in [0, 0.1) is 0 Å². The smallest absolute Gasteiger partial charge is 0.276 e. The van der Waals surface area contributed by atoms with Gasteiger partial charge in [-0.25, -0.2) is 9.44 Å². The number of benzene rings is 1. The van der Waals surface area contributed by atoms with Crippen molar-refractivity contribution < 1.29 is 8.42 Å². The van der Waals surface area contributed by atoms with Gasteiger partial charge in [0.2, 0.25) is 0 Å². The Labute approximate surface area is 142 Å². The fraction of sp³-hybridized carbons (Fsp3) is 0.471. The van der Waals surface area contributed by atoms with E-state index in [1.54, 1.807) is 0 Å². The quantitative estimate of drug-likeness (QED) is 0.679. The van der Waals surface area contributed by atoms with Gasteiger partial charge in [-0.15, -0.1) is 0 Å². The van der Waals surface area contributed by atoms with Crippen LogP contribution in [0.25, 0.3) is 10.9 Å². The van der Waals surface area contributed by atoms with Crippen LogP contribution in [0.5, 0.6) is 0 Å². The topological polar surface area (TPSA) is 91.1 Å². The van der Waals surface area contributed by atoms with E-state index in [1.807, 2.05) is 25.1 Å². The summed E-state index contributed by atoms with van der Waals surface area (Å²) >= 11 is 0. The third-order valence-corrected chi connectivity index (χ3v) is 5.01. The number of hydrogen-bond donors (Lipinski definition) is 3. The first-order valence-electron chi connectivity index (χ1n) is 8.22. The maximum atomic E-state index is 12.1. The number of hydrogen-bond acceptors (Lipinski definition) is 3. The van der Waals surface area contributed by atoms with Crippen molar-refractivity contribution in [1.82, 2.24) is 14.4 Å². The molecule has 0 unspecified atom stereocenters. The fourth-order valence-corrected chi connectivity index (χ4v) is 3.37. The monoisotopic (exact) mass is 351 g/mol. The summed E-state index contributed by atoms with van der Waals surface area (Å²) in [5, 5.41) is 0.961. The Hall–Kier alpha value is -1.70. The lowest BCUT2D eigenvalue weighted by molar-refractivity contribution is 0.565. The summed E-state index contributed by atoms with van der Waals surface area (Å²) in [6.07, 6.45) is 1.06. The van der Waals surface area contributed by atoms with Gasteiger partial charge in [-0.3, -0.25) is 4.79 Å². The summed E-state index contributed by atoms with van der Waals surface area (Å²) in [6, 6.07) is 7.82. The molecule has 0 amide bonds. The highest BCUT2D eigenvalue weighted by Crippen LogP contribution is 2.20. The van der Waals surface area contributed by atoms with Crippen molar-refractivity contribution in [1.29, 1.82) is 0 Å². The first kappa shape index (κ1) is 18.6. The Bertz CT molecular complexity index is 857.